The Hall–Kier alpha value is -4.55. The van der Waals surface area contributed by atoms with Crippen LogP contribution in [0.4, 0.5) is 37.7 Å². The number of sulfonamides is 1. The van der Waals surface area contributed by atoms with Crippen LogP contribution in [0.3, 0.4) is 0 Å². The highest BCUT2D eigenvalue weighted by Crippen LogP contribution is 2.39. The van der Waals surface area contributed by atoms with E-state index in [1.807, 2.05) is 30.3 Å². The van der Waals surface area contributed by atoms with E-state index < -0.39 is 62.4 Å². The Morgan fingerprint density at radius 3 is 1.41 bits per heavy atom. The van der Waals surface area contributed by atoms with Gasteiger partial charge in [-0.2, -0.15) is 26.3 Å². The van der Waals surface area contributed by atoms with E-state index in [2.05, 4.69) is 4.72 Å². The van der Waals surface area contributed by atoms with Crippen LogP contribution in [0.5, 0.6) is 23.0 Å². The van der Waals surface area contributed by atoms with Gasteiger partial charge >= 0.3 is 12.4 Å². The van der Waals surface area contributed by atoms with Gasteiger partial charge in [-0.15, -0.1) is 0 Å². The Kier molecular flexibility index (Phi) is 15.7. The lowest BCUT2D eigenvalue weighted by atomic mass is 10.2. The Balaban J connectivity index is 0.000000215. The van der Waals surface area contributed by atoms with Crippen molar-refractivity contribution < 1.29 is 52.7 Å². The van der Waals surface area contributed by atoms with Crippen molar-refractivity contribution in [3.05, 3.63) is 165 Å². The molecule has 3 N–H and O–H groups in total. The molecular formula is C38H25Cl5F6N2O6S2. The molecule has 6 aromatic rings. The number of alkyl halides is 6. The third-order valence-corrected chi connectivity index (χ3v) is 11.0. The first-order valence-electron chi connectivity index (χ1n) is 16.0. The fourth-order valence-corrected chi connectivity index (χ4v) is 7.15. The molecule has 0 spiro atoms. The minimum absolute atomic E-state index is 0.0372. The number of nitrogens with one attached hydrogen (secondary N) is 1. The van der Waals surface area contributed by atoms with E-state index in [0.717, 1.165) is 30.0 Å². The fraction of sp³-hybridized carbons (Fsp3) is 0.0526. The van der Waals surface area contributed by atoms with E-state index in [4.69, 9.17) is 72.3 Å². The number of hydrogen-bond acceptors (Lipinski definition) is 7. The van der Waals surface area contributed by atoms with Crippen LogP contribution in [-0.2, 0) is 31.4 Å². The summed E-state index contributed by atoms with van der Waals surface area (Å²) in [5.74, 6) is 1.92. The minimum atomic E-state index is -4.81. The molecule has 0 atom stereocenters. The standard InChI is InChI=1S/C19H12Cl2F3NO3S.C12H10ClNO.C7H3Cl2F3O2S/c20-12-6-9-18(28-13-4-2-1-3-5-13)17(10-12)25-29(26,27)14-7-8-16(21)15(11-14)19(22,23)24;13-9-6-7-12(11(14)8-9)15-10-4-2-1-3-5-10;8-6-2-1-4(15(9,13)14)3-5(6)7(10,11)12/h1-11,25H;1-8H,14H2;1-3H. The van der Waals surface area contributed by atoms with Gasteiger partial charge in [0.05, 0.1) is 42.3 Å². The molecule has 0 amide bonds. The molecule has 8 nitrogen and oxygen atoms in total. The lowest BCUT2D eigenvalue weighted by Crippen LogP contribution is -2.15. The molecule has 0 saturated carbocycles. The molecule has 0 heterocycles. The van der Waals surface area contributed by atoms with E-state index in [1.165, 1.54) is 18.2 Å². The average Bonchev–Trinajstić information content (AvgIpc) is 3.14. The van der Waals surface area contributed by atoms with Crippen molar-refractivity contribution in [1.29, 1.82) is 0 Å². The molecule has 21 heteroatoms. The number of ether oxygens (including phenoxy) is 2. The quantitative estimate of drug-likeness (QED) is 0.0884. The second-order valence-corrected chi connectivity index (χ2v) is 17.4. The van der Waals surface area contributed by atoms with Gasteiger partial charge in [0, 0.05) is 20.7 Å². The number of rotatable bonds is 8. The number of nitrogens with two attached hydrogens (primary N) is 1. The number of hydrogen-bond donors (Lipinski definition) is 2. The third kappa shape index (κ3) is 14.0. The number of anilines is 2. The van der Waals surface area contributed by atoms with Gasteiger partial charge < -0.3 is 15.2 Å². The predicted molar refractivity (Wildman–Crippen MR) is 217 cm³/mol. The Labute approximate surface area is 358 Å². The Morgan fingerprint density at radius 2 is 0.949 bits per heavy atom. The third-order valence-electron chi connectivity index (χ3n) is 7.18. The van der Waals surface area contributed by atoms with E-state index in [1.54, 1.807) is 48.5 Å². The van der Waals surface area contributed by atoms with Crippen molar-refractivity contribution in [3.8, 4) is 23.0 Å². The molecule has 59 heavy (non-hydrogen) atoms. The molecule has 0 radical (unpaired) electrons. The highest BCUT2D eigenvalue weighted by atomic mass is 35.7. The predicted octanol–water partition coefficient (Wildman–Crippen LogP) is 13.6. The minimum Gasteiger partial charge on any atom is -0.455 e. The molecule has 6 aromatic carbocycles. The van der Waals surface area contributed by atoms with Crippen LogP contribution in [0.1, 0.15) is 11.1 Å². The van der Waals surface area contributed by atoms with Crippen molar-refractivity contribution in [1.82, 2.24) is 0 Å². The lowest BCUT2D eigenvalue weighted by molar-refractivity contribution is -0.138. The smallest absolute Gasteiger partial charge is 0.417 e. The molecule has 0 aliphatic heterocycles. The number of para-hydroxylation sites is 2. The Morgan fingerprint density at radius 1 is 0.525 bits per heavy atom. The summed E-state index contributed by atoms with van der Waals surface area (Å²) in [5, 5.41) is -0.373. The molecule has 6 rings (SSSR count). The summed E-state index contributed by atoms with van der Waals surface area (Å²) >= 11 is 22.6. The largest absolute Gasteiger partial charge is 0.455 e. The molecule has 0 aromatic heterocycles. The number of nitrogen functional groups attached to an aromatic ring is 1. The van der Waals surface area contributed by atoms with Gasteiger partial charge in [-0.05, 0) is 97.1 Å². The van der Waals surface area contributed by atoms with E-state index in [0.29, 0.717) is 34.3 Å². The van der Waals surface area contributed by atoms with E-state index in [9.17, 15) is 43.2 Å². The zero-order chi connectivity index (χ0) is 43.8. The van der Waals surface area contributed by atoms with E-state index in [-0.39, 0.29) is 16.5 Å². The van der Waals surface area contributed by atoms with E-state index >= 15 is 0 Å². The Bertz CT molecular complexity index is 2630. The topological polar surface area (TPSA) is 125 Å². The van der Waals surface area contributed by atoms with Crippen molar-refractivity contribution in [2.24, 2.45) is 0 Å². The van der Waals surface area contributed by atoms with Crippen LogP contribution in [0, 0.1) is 0 Å². The zero-order valence-corrected chi connectivity index (χ0v) is 34.6. The summed E-state index contributed by atoms with van der Waals surface area (Å²) in [6.45, 7) is 0. The first kappa shape index (κ1) is 47.1. The van der Waals surface area contributed by atoms with Gasteiger partial charge in [0.2, 0.25) is 0 Å². The molecule has 0 bridgehead atoms. The van der Waals surface area contributed by atoms with Gasteiger partial charge in [-0.3, -0.25) is 4.72 Å². The number of halogens is 11. The molecule has 0 unspecified atom stereocenters. The second-order valence-electron chi connectivity index (χ2n) is 11.5. The van der Waals surface area contributed by atoms with Crippen LogP contribution in [0.15, 0.2) is 143 Å². The van der Waals surface area contributed by atoms with Gasteiger partial charge in [-0.1, -0.05) is 82.8 Å². The zero-order valence-electron chi connectivity index (χ0n) is 29.2. The monoisotopic (exact) mass is 958 g/mol. The highest BCUT2D eigenvalue weighted by molar-refractivity contribution is 8.13. The maximum Gasteiger partial charge on any atom is 0.417 e. The van der Waals surface area contributed by atoms with Crippen LogP contribution >= 0.6 is 57.1 Å². The molecule has 0 aliphatic carbocycles. The van der Waals surface area contributed by atoms with Crippen molar-refractivity contribution >= 4 is 87.5 Å². The first-order valence-corrected chi connectivity index (χ1v) is 21.3. The summed E-state index contributed by atoms with van der Waals surface area (Å²) < 4.78 is 136. The lowest BCUT2D eigenvalue weighted by Gasteiger charge is -2.15. The van der Waals surface area contributed by atoms with Crippen LogP contribution < -0.4 is 19.9 Å². The highest BCUT2D eigenvalue weighted by Gasteiger charge is 2.35. The van der Waals surface area contributed by atoms with Crippen LogP contribution in [0.2, 0.25) is 20.1 Å². The van der Waals surface area contributed by atoms with Gasteiger partial charge in [0.25, 0.3) is 19.1 Å². The fourth-order valence-electron chi connectivity index (χ4n) is 4.48. The maximum atomic E-state index is 13.1. The molecule has 312 valence electrons. The summed E-state index contributed by atoms with van der Waals surface area (Å²) in [4.78, 5) is -1.25. The van der Waals surface area contributed by atoms with Gasteiger partial charge in [0.1, 0.15) is 17.2 Å². The SMILES string of the molecule is Nc1cc(Cl)ccc1Oc1ccccc1.O=S(=O)(Cl)c1ccc(Cl)c(C(F)(F)F)c1.O=S(=O)(Nc1cc(Cl)ccc1Oc1ccccc1)c1ccc(Cl)c(C(F)(F)F)c1. The summed E-state index contributed by atoms with van der Waals surface area (Å²) in [6, 6.07) is 31.8. The normalized spacial score (nSPS) is 11.6. The maximum absolute atomic E-state index is 13.1. The molecule has 0 saturated heterocycles. The van der Waals surface area contributed by atoms with Crippen molar-refractivity contribution in [2.45, 2.75) is 22.1 Å². The first-order chi connectivity index (χ1) is 27.4. The molecule has 0 aliphatic rings. The molecular weight excluding hydrogens is 936 g/mol. The molecule has 0 fully saturated rings. The van der Waals surface area contributed by atoms with Gasteiger partial charge in [0.15, 0.2) is 5.75 Å². The van der Waals surface area contributed by atoms with Crippen molar-refractivity contribution in [3.63, 3.8) is 0 Å². The van der Waals surface area contributed by atoms with Crippen LogP contribution in [0.25, 0.3) is 0 Å². The second kappa shape index (κ2) is 19.7. The summed E-state index contributed by atoms with van der Waals surface area (Å²) in [7, 11) is -3.69. The van der Waals surface area contributed by atoms with Crippen LogP contribution in [-0.4, -0.2) is 16.8 Å². The summed E-state index contributed by atoms with van der Waals surface area (Å²) in [5.41, 5.74) is 3.77. The van der Waals surface area contributed by atoms with Gasteiger partial charge in [-0.25, -0.2) is 16.8 Å². The summed E-state index contributed by atoms with van der Waals surface area (Å²) in [6.07, 6.45) is -9.52. The van der Waals surface area contributed by atoms with Crippen molar-refractivity contribution in [2.75, 3.05) is 10.5 Å². The average molecular weight is 961 g/mol. The number of benzene rings is 6.